The molecule has 2 fully saturated rings. The summed E-state index contributed by atoms with van der Waals surface area (Å²) in [4.78, 5) is 21.5. The molecule has 0 saturated carbocycles. The van der Waals surface area contributed by atoms with Gasteiger partial charge in [-0.05, 0) is 31.4 Å². The van der Waals surface area contributed by atoms with Gasteiger partial charge < -0.3 is 14.5 Å². The average Bonchev–Trinajstić information content (AvgIpc) is 3.11. The summed E-state index contributed by atoms with van der Waals surface area (Å²) in [5.41, 5.74) is 0.505. The monoisotopic (exact) mass is 409 g/mol. The lowest BCUT2D eigenvalue weighted by Gasteiger charge is -2.36. The van der Waals surface area contributed by atoms with E-state index in [9.17, 15) is 13.2 Å². The SMILES string of the molecule is CS(=O)(=O)c1cccc2sc(N3CCOC(C(=O)N4CCCCC4)C3)nc12. The highest BCUT2D eigenvalue weighted by Crippen LogP contribution is 2.33. The van der Waals surface area contributed by atoms with Gasteiger partial charge in [-0.2, -0.15) is 0 Å². The lowest BCUT2D eigenvalue weighted by atomic mass is 10.1. The molecule has 3 heterocycles. The fraction of sp³-hybridized carbons (Fsp3) is 0.556. The van der Waals surface area contributed by atoms with Crippen molar-refractivity contribution in [3.8, 4) is 0 Å². The van der Waals surface area contributed by atoms with Gasteiger partial charge in [0.05, 0.1) is 22.7 Å². The minimum atomic E-state index is -3.35. The Morgan fingerprint density at radius 1 is 1.22 bits per heavy atom. The van der Waals surface area contributed by atoms with Crippen molar-refractivity contribution in [1.29, 1.82) is 0 Å². The van der Waals surface area contributed by atoms with Crippen LogP contribution in [0.2, 0.25) is 0 Å². The molecular formula is C18H23N3O4S2. The number of morpholine rings is 1. The van der Waals surface area contributed by atoms with Crippen molar-refractivity contribution < 1.29 is 17.9 Å². The minimum Gasteiger partial charge on any atom is -0.365 e. The van der Waals surface area contributed by atoms with Crippen LogP contribution in [0.25, 0.3) is 10.2 Å². The summed E-state index contributed by atoms with van der Waals surface area (Å²) in [5, 5.41) is 0.737. The Morgan fingerprint density at radius 2 is 2.00 bits per heavy atom. The summed E-state index contributed by atoms with van der Waals surface area (Å²) < 4.78 is 30.6. The Kier molecular flexibility index (Phi) is 5.09. The molecular weight excluding hydrogens is 386 g/mol. The molecule has 1 amide bonds. The van der Waals surface area contributed by atoms with Gasteiger partial charge in [0, 0.05) is 25.9 Å². The van der Waals surface area contributed by atoms with Crippen molar-refractivity contribution >= 4 is 42.4 Å². The number of fused-ring (bicyclic) bond motifs is 1. The third-order valence-corrected chi connectivity index (χ3v) is 7.26. The van der Waals surface area contributed by atoms with Gasteiger partial charge in [-0.25, -0.2) is 13.4 Å². The molecule has 1 aromatic heterocycles. The van der Waals surface area contributed by atoms with Crippen LogP contribution in [0.3, 0.4) is 0 Å². The van der Waals surface area contributed by atoms with Crippen molar-refractivity contribution in [3.63, 3.8) is 0 Å². The quantitative estimate of drug-likeness (QED) is 0.771. The molecule has 0 spiro atoms. The number of para-hydroxylation sites is 1. The number of hydrogen-bond acceptors (Lipinski definition) is 7. The first-order valence-electron chi connectivity index (χ1n) is 9.18. The molecule has 0 bridgehead atoms. The number of amides is 1. The number of benzene rings is 1. The second kappa shape index (κ2) is 7.37. The van der Waals surface area contributed by atoms with E-state index in [1.807, 2.05) is 15.9 Å². The summed E-state index contributed by atoms with van der Waals surface area (Å²) in [5.74, 6) is 0.0531. The van der Waals surface area contributed by atoms with Crippen molar-refractivity contribution in [3.05, 3.63) is 18.2 Å². The largest absolute Gasteiger partial charge is 0.365 e. The van der Waals surface area contributed by atoms with Gasteiger partial charge in [-0.15, -0.1) is 0 Å². The number of thiazole rings is 1. The number of sulfone groups is 1. The zero-order valence-corrected chi connectivity index (χ0v) is 16.9. The van der Waals surface area contributed by atoms with E-state index in [2.05, 4.69) is 4.98 Å². The molecule has 7 nitrogen and oxygen atoms in total. The van der Waals surface area contributed by atoms with Crippen molar-refractivity contribution in [2.24, 2.45) is 0 Å². The Hall–Kier alpha value is -1.71. The van der Waals surface area contributed by atoms with Crippen LogP contribution in [-0.4, -0.2) is 69.4 Å². The van der Waals surface area contributed by atoms with Gasteiger partial charge in [0.15, 0.2) is 21.1 Å². The summed E-state index contributed by atoms with van der Waals surface area (Å²) in [7, 11) is -3.35. The molecule has 1 atom stereocenters. The van der Waals surface area contributed by atoms with E-state index >= 15 is 0 Å². The molecule has 0 N–H and O–H groups in total. The summed E-state index contributed by atoms with van der Waals surface area (Å²) >= 11 is 1.45. The van der Waals surface area contributed by atoms with Gasteiger partial charge in [0.1, 0.15) is 5.52 Å². The normalized spacial score (nSPS) is 21.6. The number of aromatic nitrogens is 1. The van der Waals surface area contributed by atoms with Crippen LogP contribution < -0.4 is 4.90 Å². The second-order valence-electron chi connectivity index (χ2n) is 7.06. The van der Waals surface area contributed by atoms with Gasteiger partial charge in [0.25, 0.3) is 5.91 Å². The lowest BCUT2D eigenvalue weighted by Crippen LogP contribution is -2.52. The molecule has 27 heavy (non-hydrogen) atoms. The van der Waals surface area contributed by atoms with Crippen LogP contribution >= 0.6 is 11.3 Å². The highest BCUT2D eigenvalue weighted by Gasteiger charge is 2.32. The lowest BCUT2D eigenvalue weighted by molar-refractivity contribution is -0.145. The zero-order chi connectivity index (χ0) is 19.0. The van der Waals surface area contributed by atoms with Crippen LogP contribution in [0.15, 0.2) is 23.1 Å². The Morgan fingerprint density at radius 3 is 2.74 bits per heavy atom. The van der Waals surface area contributed by atoms with E-state index in [-0.39, 0.29) is 10.8 Å². The molecule has 1 unspecified atom stereocenters. The van der Waals surface area contributed by atoms with E-state index in [0.717, 1.165) is 35.8 Å². The van der Waals surface area contributed by atoms with E-state index in [0.29, 0.717) is 25.2 Å². The highest BCUT2D eigenvalue weighted by molar-refractivity contribution is 7.91. The fourth-order valence-electron chi connectivity index (χ4n) is 3.64. The number of likely N-dealkylation sites (tertiary alicyclic amines) is 1. The topological polar surface area (TPSA) is 79.8 Å². The average molecular weight is 410 g/mol. The molecule has 0 aliphatic carbocycles. The minimum absolute atomic E-state index is 0.0531. The first-order valence-corrected chi connectivity index (χ1v) is 11.9. The first kappa shape index (κ1) is 18.6. The zero-order valence-electron chi connectivity index (χ0n) is 15.3. The number of rotatable bonds is 3. The third-order valence-electron chi connectivity index (χ3n) is 5.05. The molecule has 146 valence electrons. The summed E-state index contributed by atoms with van der Waals surface area (Å²) in [6.07, 6.45) is 3.99. The maximum Gasteiger partial charge on any atom is 0.253 e. The van der Waals surface area contributed by atoms with E-state index in [1.54, 1.807) is 12.1 Å². The molecule has 2 aliphatic heterocycles. The number of carbonyl (C=O) groups excluding carboxylic acids is 1. The standard InChI is InChI=1S/C18H23N3O4S2/c1-27(23,24)15-7-5-6-14-16(15)19-18(26-14)21-10-11-25-13(12-21)17(22)20-8-3-2-4-9-20/h5-7,13H,2-4,8-12H2,1H3. The summed E-state index contributed by atoms with van der Waals surface area (Å²) in [6.45, 7) is 3.15. The molecule has 2 aliphatic rings. The number of anilines is 1. The predicted octanol–water partition coefficient (Wildman–Crippen LogP) is 1.92. The first-order chi connectivity index (χ1) is 12.9. The molecule has 4 rings (SSSR count). The number of carbonyl (C=O) groups is 1. The van der Waals surface area contributed by atoms with Gasteiger partial charge in [0.2, 0.25) is 0 Å². The van der Waals surface area contributed by atoms with E-state index < -0.39 is 15.9 Å². The van der Waals surface area contributed by atoms with Crippen LogP contribution in [-0.2, 0) is 19.4 Å². The number of piperidine rings is 1. The Bertz CT molecular complexity index is 951. The molecule has 1 aromatic carbocycles. The van der Waals surface area contributed by atoms with Crippen LogP contribution in [0.1, 0.15) is 19.3 Å². The van der Waals surface area contributed by atoms with E-state index in [4.69, 9.17) is 4.74 Å². The predicted molar refractivity (Wildman–Crippen MR) is 105 cm³/mol. The highest BCUT2D eigenvalue weighted by atomic mass is 32.2. The summed E-state index contributed by atoms with van der Waals surface area (Å²) in [6, 6.07) is 5.20. The van der Waals surface area contributed by atoms with Gasteiger partial charge >= 0.3 is 0 Å². The third kappa shape index (κ3) is 3.81. The Balaban J connectivity index is 1.57. The number of hydrogen-bond donors (Lipinski definition) is 0. The smallest absolute Gasteiger partial charge is 0.253 e. The molecule has 2 saturated heterocycles. The van der Waals surface area contributed by atoms with Crippen molar-refractivity contribution in [1.82, 2.24) is 9.88 Å². The Labute approximate surface area is 162 Å². The van der Waals surface area contributed by atoms with Crippen LogP contribution in [0.5, 0.6) is 0 Å². The van der Waals surface area contributed by atoms with Crippen LogP contribution in [0, 0.1) is 0 Å². The second-order valence-corrected chi connectivity index (χ2v) is 10.1. The van der Waals surface area contributed by atoms with Gasteiger partial charge in [-0.3, -0.25) is 4.79 Å². The van der Waals surface area contributed by atoms with E-state index in [1.165, 1.54) is 24.0 Å². The molecule has 9 heteroatoms. The maximum atomic E-state index is 12.8. The van der Waals surface area contributed by atoms with Crippen molar-refractivity contribution in [2.45, 2.75) is 30.3 Å². The number of ether oxygens (including phenoxy) is 1. The van der Waals surface area contributed by atoms with Crippen molar-refractivity contribution in [2.75, 3.05) is 43.9 Å². The van der Waals surface area contributed by atoms with Gasteiger partial charge in [-0.1, -0.05) is 17.4 Å². The fourth-order valence-corrected chi connectivity index (χ4v) is 5.56. The van der Waals surface area contributed by atoms with Crippen LogP contribution in [0.4, 0.5) is 5.13 Å². The number of nitrogens with zero attached hydrogens (tertiary/aromatic N) is 3. The maximum absolute atomic E-state index is 12.8. The molecule has 0 radical (unpaired) electrons. The molecule has 2 aromatic rings.